The zero-order chi connectivity index (χ0) is 21.9. The van der Waals surface area contributed by atoms with Gasteiger partial charge in [-0.05, 0) is 25.8 Å². The average Bonchev–Trinajstić information content (AvgIpc) is 3.15. The van der Waals surface area contributed by atoms with Crippen LogP contribution in [0.25, 0.3) is 10.9 Å². The van der Waals surface area contributed by atoms with Crippen molar-refractivity contribution in [2.75, 3.05) is 40.4 Å². The van der Waals surface area contributed by atoms with E-state index >= 15 is 0 Å². The topological polar surface area (TPSA) is 99.8 Å². The van der Waals surface area contributed by atoms with Crippen LogP contribution in [0, 0.1) is 5.92 Å². The molecular weight excluding hydrogens is 382 g/mol. The van der Waals surface area contributed by atoms with E-state index in [9.17, 15) is 4.79 Å². The smallest absolute Gasteiger partial charge is 0.222 e. The van der Waals surface area contributed by atoms with Crippen molar-refractivity contribution < 1.29 is 14.3 Å². The summed E-state index contributed by atoms with van der Waals surface area (Å²) in [5.74, 6) is 2.39. The zero-order valence-electron chi connectivity index (χ0n) is 18.7. The number of methoxy groups -OCH3 is 2. The van der Waals surface area contributed by atoms with Gasteiger partial charge in [-0.2, -0.15) is 0 Å². The van der Waals surface area contributed by atoms with Gasteiger partial charge < -0.3 is 30.4 Å². The van der Waals surface area contributed by atoms with Crippen molar-refractivity contribution in [2.24, 2.45) is 10.9 Å². The summed E-state index contributed by atoms with van der Waals surface area (Å²) in [6.07, 6.45) is 1.79. The van der Waals surface area contributed by atoms with Crippen LogP contribution in [0.15, 0.2) is 23.2 Å². The van der Waals surface area contributed by atoms with Gasteiger partial charge in [-0.3, -0.25) is 9.79 Å². The van der Waals surface area contributed by atoms with Gasteiger partial charge in [0.15, 0.2) is 5.96 Å². The van der Waals surface area contributed by atoms with Crippen LogP contribution in [-0.4, -0.2) is 57.2 Å². The number of aromatic amines is 1. The largest absolute Gasteiger partial charge is 0.497 e. The van der Waals surface area contributed by atoms with Gasteiger partial charge in [-0.15, -0.1) is 0 Å². The fourth-order valence-electron chi connectivity index (χ4n) is 3.03. The number of nitrogens with zero attached hydrogens (tertiary/aromatic N) is 1. The second kappa shape index (κ2) is 11.9. The van der Waals surface area contributed by atoms with Crippen molar-refractivity contribution in [2.45, 2.75) is 33.6 Å². The molecule has 1 amide bonds. The van der Waals surface area contributed by atoms with Crippen molar-refractivity contribution in [3.63, 3.8) is 0 Å². The van der Waals surface area contributed by atoms with Crippen LogP contribution < -0.4 is 25.4 Å². The number of aliphatic imine (C=N–C) groups is 1. The van der Waals surface area contributed by atoms with Gasteiger partial charge in [-0.1, -0.05) is 13.8 Å². The van der Waals surface area contributed by atoms with E-state index in [1.165, 1.54) is 0 Å². The number of hydrogen-bond acceptors (Lipinski definition) is 4. The van der Waals surface area contributed by atoms with Gasteiger partial charge >= 0.3 is 0 Å². The number of H-pyrrole nitrogens is 1. The average molecular weight is 418 g/mol. The SMILES string of the molecule is CCNC(=NCCCc1cc2c(OC)cc(OC)cc2[nH]1)NCCNC(=O)C(C)C. The Kier molecular flexibility index (Phi) is 9.31. The molecule has 166 valence electrons. The number of carbonyl (C=O) groups excluding carboxylic acids is 1. The van der Waals surface area contributed by atoms with E-state index in [0.29, 0.717) is 19.6 Å². The normalized spacial score (nSPS) is 11.6. The number of aryl methyl sites for hydroxylation is 1. The minimum atomic E-state index is -0.00222. The molecule has 2 aromatic rings. The highest BCUT2D eigenvalue weighted by Gasteiger charge is 2.09. The number of guanidine groups is 1. The molecule has 0 unspecified atom stereocenters. The summed E-state index contributed by atoms with van der Waals surface area (Å²) in [7, 11) is 3.32. The molecular formula is C22H35N5O3. The van der Waals surface area contributed by atoms with Gasteiger partial charge in [0, 0.05) is 55.3 Å². The monoisotopic (exact) mass is 417 g/mol. The van der Waals surface area contributed by atoms with Gasteiger partial charge in [0.2, 0.25) is 5.91 Å². The van der Waals surface area contributed by atoms with Crippen LogP contribution in [0.2, 0.25) is 0 Å². The Hall–Kier alpha value is -2.90. The maximum absolute atomic E-state index is 11.6. The van der Waals surface area contributed by atoms with Crippen molar-refractivity contribution in [1.82, 2.24) is 20.9 Å². The van der Waals surface area contributed by atoms with Crippen LogP contribution in [0.5, 0.6) is 11.5 Å². The van der Waals surface area contributed by atoms with Crippen LogP contribution in [-0.2, 0) is 11.2 Å². The molecule has 30 heavy (non-hydrogen) atoms. The minimum absolute atomic E-state index is 0.00222. The first-order valence-electron chi connectivity index (χ1n) is 10.5. The van der Waals surface area contributed by atoms with Gasteiger partial charge in [0.1, 0.15) is 11.5 Å². The van der Waals surface area contributed by atoms with E-state index in [1.54, 1.807) is 14.2 Å². The molecule has 0 aliphatic rings. The van der Waals surface area contributed by atoms with Crippen molar-refractivity contribution in [3.05, 3.63) is 23.9 Å². The lowest BCUT2D eigenvalue weighted by Gasteiger charge is -2.12. The number of benzene rings is 1. The van der Waals surface area contributed by atoms with E-state index < -0.39 is 0 Å². The number of fused-ring (bicyclic) bond motifs is 1. The van der Waals surface area contributed by atoms with E-state index in [1.807, 2.05) is 32.9 Å². The predicted octanol–water partition coefficient (Wildman–Crippen LogP) is 2.44. The first-order chi connectivity index (χ1) is 14.5. The Labute approximate surface area is 178 Å². The van der Waals surface area contributed by atoms with Crippen LogP contribution in [0.3, 0.4) is 0 Å². The molecule has 1 aromatic heterocycles. The maximum Gasteiger partial charge on any atom is 0.222 e. The quantitative estimate of drug-likeness (QED) is 0.256. The molecule has 8 heteroatoms. The molecule has 1 aromatic carbocycles. The summed E-state index contributed by atoms with van der Waals surface area (Å²) in [5.41, 5.74) is 2.14. The molecule has 0 saturated heterocycles. The molecule has 4 N–H and O–H groups in total. The van der Waals surface area contributed by atoms with Crippen molar-refractivity contribution in [3.8, 4) is 11.5 Å². The standard InChI is InChI=1S/C22H35N5O3/c1-6-23-22(26-11-10-24-21(28)15(2)3)25-9-7-8-16-12-18-19(27-16)13-17(29-4)14-20(18)30-5/h12-15,27H,6-11H2,1-5H3,(H,24,28)(H2,23,25,26). The fourth-order valence-corrected chi connectivity index (χ4v) is 3.03. The molecule has 2 rings (SSSR count). The van der Waals surface area contributed by atoms with Crippen LogP contribution in [0.1, 0.15) is 32.9 Å². The van der Waals surface area contributed by atoms with Crippen LogP contribution >= 0.6 is 0 Å². The number of amides is 1. The van der Waals surface area contributed by atoms with Crippen molar-refractivity contribution >= 4 is 22.8 Å². The molecule has 0 bridgehead atoms. The molecule has 0 saturated carbocycles. The van der Waals surface area contributed by atoms with E-state index in [0.717, 1.165) is 53.4 Å². The number of nitrogens with one attached hydrogen (secondary N) is 4. The Morgan fingerprint density at radius 1 is 1.10 bits per heavy atom. The van der Waals surface area contributed by atoms with Gasteiger partial charge in [0.25, 0.3) is 0 Å². The Morgan fingerprint density at radius 3 is 2.53 bits per heavy atom. The Balaban J connectivity index is 1.86. The summed E-state index contributed by atoms with van der Waals surface area (Å²) in [6, 6.07) is 5.99. The lowest BCUT2D eigenvalue weighted by molar-refractivity contribution is -0.123. The van der Waals surface area contributed by atoms with E-state index in [4.69, 9.17) is 9.47 Å². The molecule has 1 heterocycles. The highest BCUT2D eigenvalue weighted by Crippen LogP contribution is 2.31. The lowest BCUT2D eigenvalue weighted by Crippen LogP contribution is -2.42. The van der Waals surface area contributed by atoms with E-state index in [-0.39, 0.29) is 11.8 Å². The lowest BCUT2D eigenvalue weighted by atomic mass is 10.2. The van der Waals surface area contributed by atoms with Gasteiger partial charge in [-0.25, -0.2) is 0 Å². The maximum atomic E-state index is 11.6. The summed E-state index contributed by atoms with van der Waals surface area (Å²) >= 11 is 0. The summed E-state index contributed by atoms with van der Waals surface area (Å²) in [5, 5.41) is 10.4. The highest BCUT2D eigenvalue weighted by atomic mass is 16.5. The summed E-state index contributed by atoms with van der Waals surface area (Å²) < 4.78 is 10.8. The summed E-state index contributed by atoms with van der Waals surface area (Å²) in [4.78, 5) is 19.7. The first-order valence-corrected chi connectivity index (χ1v) is 10.5. The fraction of sp³-hybridized carbons (Fsp3) is 0.545. The number of rotatable bonds is 11. The first kappa shape index (κ1) is 23.4. The molecule has 0 aliphatic carbocycles. The van der Waals surface area contributed by atoms with Crippen molar-refractivity contribution in [1.29, 1.82) is 0 Å². The molecule has 8 nitrogen and oxygen atoms in total. The summed E-state index contributed by atoms with van der Waals surface area (Å²) in [6.45, 7) is 8.49. The number of aromatic nitrogens is 1. The third-order valence-electron chi connectivity index (χ3n) is 4.64. The Morgan fingerprint density at radius 2 is 1.87 bits per heavy atom. The number of ether oxygens (including phenoxy) is 2. The Bertz CT molecular complexity index is 845. The predicted molar refractivity (Wildman–Crippen MR) is 122 cm³/mol. The molecule has 0 aliphatic heterocycles. The molecule has 0 radical (unpaired) electrons. The zero-order valence-corrected chi connectivity index (χ0v) is 18.7. The molecule has 0 atom stereocenters. The second-order valence-electron chi connectivity index (χ2n) is 7.32. The highest BCUT2D eigenvalue weighted by molar-refractivity contribution is 5.88. The third kappa shape index (κ3) is 6.86. The number of carbonyl (C=O) groups is 1. The van der Waals surface area contributed by atoms with E-state index in [2.05, 4.69) is 32.0 Å². The molecule has 0 spiro atoms. The number of hydrogen-bond donors (Lipinski definition) is 4. The molecule has 0 fully saturated rings. The minimum Gasteiger partial charge on any atom is -0.497 e. The van der Waals surface area contributed by atoms with Gasteiger partial charge in [0.05, 0.1) is 19.7 Å². The third-order valence-corrected chi connectivity index (χ3v) is 4.64. The second-order valence-corrected chi connectivity index (χ2v) is 7.32. The van der Waals surface area contributed by atoms with Crippen LogP contribution in [0.4, 0.5) is 0 Å².